The van der Waals surface area contributed by atoms with E-state index < -0.39 is 29.9 Å². The van der Waals surface area contributed by atoms with Gasteiger partial charge in [0.1, 0.15) is 24.7 Å². The van der Waals surface area contributed by atoms with Crippen LogP contribution in [0.25, 0.3) is 11.1 Å². The second-order valence-electron chi connectivity index (χ2n) is 12.0. The summed E-state index contributed by atoms with van der Waals surface area (Å²) >= 11 is 0. The lowest BCUT2D eigenvalue weighted by atomic mass is 9.99. The zero-order valence-corrected chi connectivity index (χ0v) is 28.5. The molecule has 4 rings (SSSR count). The molecule has 0 aliphatic heterocycles. The molecule has 4 aromatic rings. The Labute approximate surface area is 297 Å². The summed E-state index contributed by atoms with van der Waals surface area (Å²) in [5.74, 6) is -1.82. The molecule has 0 fully saturated rings. The average Bonchev–Trinajstić information content (AvgIpc) is 3.15. The fourth-order valence-electron chi connectivity index (χ4n) is 5.46. The number of amides is 4. The lowest BCUT2D eigenvalue weighted by Crippen LogP contribution is -2.57. The fraction of sp³-hybridized carbons (Fsp3) is 0.250. The van der Waals surface area contributed by atoms with Crippen LogP contribution in [0.15, 0.2) is 109 Å². The number of likely N-dealkylation sites (N-methyl/N-ethyl adjacent to an activating group) is 1. The molecule has 0 heterocycles. The molecule has 0 radical (unpaired) electrons. The predicted molar refractivity (Wildman–Crippen MR) is 195 cm³/mol. The van der Waals surface area contributed by atoms with Crippen LogP contribution in [0.1, 0.15) is 33.5 Å². The van der Waals surface area contributed by atoms with Gasteiger partial charge in [0.25, 0.3) is 5.91 Å². The smallest absolute Gasteiger partial charge is 0.251 e. The number of hydrogen-bond acceptors (Lipinski definition) is 7. The molecule has 0 saturated carbocycles. The highest BCUT2D eigenvalue weighted by Crippen LogP contribution is 2.20. The Kier molecular flexibility index (Phi) is 14.8. The highest BCUT2D eigenvalue weighted by Gasteiger charge is 2.28. The number of rotatable bonds is 19. The highest BCUT2D eigenvalue weighted by molar-refractivity contribution is 5.94. The van der Waals surface area contributed by atoms with E-state index in [4.69, 9.17) is 0 Å². The van der Waals surface area contributed by atoms with Gasteiger partial charge in [0.2, 0.25) is 17.7 Å². The second-order valence-corrected chi connectivity index (χ2v) is 12.0. The Morgan fingerprint density at radius 1 is 0.608 bits per heavy atom. The molecule has 0 spiro atoms. The van der Waals surface area contributed by atoms with E-state index in [1.807, 2.05) is 84.9 Å². The first-order valence-electron chi connectivity index (χ1n) is 16.8. The summed E-state index contributed by atoms with van der Waals surface area (Å²) in [6, 6.07) is 30.4. The topological polar surface area (TPSA) is 163 Å². The van der Waals surface area contributed by atoms with Gasteiger partial charge in [-0.05, 0) is 53.4 Å². The molecule has 11 nitrogen and oxygen atoms in total. The third-order valence-corrected chi connectivity index (χ3v) is 8.12. The summed E-state index contributed by atoms with van der Waals surface area (Å²) in [6.45, 7) is 0.229. The minimum atomic E-state index is -1.07. The molecule has 0 bridgehead atoms. The molecule has 0 aliphatic carbocycles. The van der Waals surface area contributed by atoms with Crippen LogP contribution in [-0.2, 0) is 43.2 Å². The number of hydrogen-bond donors (Lipinski definition) is 5. The van der Waals surface area contributed by atoms with Crippen molar-refractivity contribution in [2.45, 2.75) is 43.8 Å². The number of carbonyl (C=O) groups is 6. The third kappa shape index (κ3) is 12.2. The molecule has 3 atom stereocenters. The first-order valence-corrected chi connectivity index (χ1v) is 16.8. The van der Waals surface area contributed by atoms with E-state index in [1.54, 1.807) is 31.3 Å². The molecule has 4 amide bonds. The zero-order chi connectivity index (χ0) is 36.4. The summed E-state index contributed by atoms with van der Waals surface area (Å²) in [4.78, 5) is 75.2. The minimum absolute atomic E-state index is 0.00249. The van der Waals surface area contributed by atoms with E-state index in [-0.39, 0.29) is 50.6 Å². The Balaban J connectivity index is 1.48. The SMILES string of the molecule is CNCC(=O)N[C@H](Cc1ccc(-c2ccccc2)cc1)C(=O)N[C@H](Cc1ccccc1)C(=O)N[C@H](C=O)Cc1ccc(C(=O)NCCC=O)cc1. The lowest BCUT2D eigenvalue weighted by Gasteiger charge is -2.25. The van der Waals surface area contributed by atoms with Crippen molar-refractivity contribution in [3.05, 3.63) is 131 Å². The molecule has 0 aliphatic rings. The monoisotopic (exact) mass is 689 g/mol. The van der Waals surface area contributed by atoms with Gasteiger partial charge < -0.3 is 36.2 Å². The summed E-state index contributed by atoms with van der Waals surface area (Å²) in [7, 11) is 1.63. The van der Waals surface area contributed by atoms with Gasteiger partial charge in [-0.25, -0.2) is 0 Å². The maximum absolute atomic E-state index is 13.9. The van der Waals surface area contributed by atoms with Crippen molar-refractivity contribution in [2.75, 3.05) is 20.1 Å². The number of benzene rings is 4. The van der Waals surface area contributed by atoms with Gasteiger partial charge in [-0.15, -0.1) is 0 Å². The largest absolute Gasteiger partial charge is 0.352 e. The second kappa shape index (κ2) is 19.9. The van der Waals surface area contributed by atoms with Crippen molar-refractivity contribution in [2.24, 2.45) is 0 Å². The molecular weight excluding hydrogens is 646 g/mol. The summed E-state index contributed by atoms with van der Waals surface area (Å²) in [6.07, 6.45) is 2.03. The van der Waals surface area contributed by atoms with Gasteiger partial charge in [0, 0.05) is 31.4 Å². The van der Waals surface area contributed by atoms with Crippen molar-refractivity contribution in [1.82, 2.24) is 26.6 Å². The quantitative estimate of drug-likeness (QED) is 0.0747. The molecule has 264 valence electrons. The Bertz CT molecular complexity index is 1750. The first kappa shape index (κ1) is 37.9. The Morgan fingerprint density at radius 2 is 1.14 bits per heavy atom. The van der Waals surface area contributed by atoms with E-state index in [1.165, 1.54) is 0 Å². The number of carbonyl (C=O) groups excluding carboxylic acids is 6. The standard InChI is InChI=1S/C40H43N5O6/c1-41-26-37(48)44-35(25-30-13-17-32(18-14-30)31-11-6-3-7-12-31)40(51)45-36(24-28-9-4-2-5-10-28)39(50)43-34(27-47)23-29-15-19-33(20-16-29)38(49)42-21-8-22-46/h2-7,9-20,22,27,34-36,41H,8,21,23-26H2,1H3,(H,42,49)(H,43,50)(H,44,48)(H,45,51)/t34-,35+,36+/m0/s1. The van der Waals surface area contributed by atoms with E-state index in [2.05, 4.69) is 26.6 Å². The van der Waals surface area contributed by atoms with Crippen LogP contribution in [0, 0.1) is 0 Å². The van der Waals surface area contributed by atoms with Gasteiger partial charge in [-0.1, -0.05) is 97.1 Å². The van der Waals surface area contributed by atoms with Crippen LogP contribution < -0.4 is 26.6 Å². The molecule has 4 aromatic carbocycles. The van der Waals surface area contributed by atoms with Gasteiger partial charge in [0.15, 0.2) is 0 Å². The lowest BCUT2D eigenvalue weighted by molar-refractivity contribution is -0.132. The van der Waals surface area contributed by atoms with Crippen LogP contribution in [0.4, 0.5) is 0 Å². The summed E-state index contributed by atoms with van der Waals surface area (Å²) in [5.41, 5.74) is 4.76. The minimum Gasteiger partial charge on any atom is -0.352 e. The average molecular weight is 690 g/mol. The van der Waals surface area contributed by atoms with Crippen LogP contribution in [0.3, 0.4) is 0 Å². The van der Waals surface area contributed by atoms with Crippen molar-refractivity contribution in [3.8, 4) is 11.1 Å². The third-order valence-electron chi connectivity index (χ3n) is 8.12. The van der Waals surface area contributed by atoms with Crippen molar-refractivity contribution < 1.29 is 28.8 Å². The van der Waals surface area contributed by atoms with Crippen molar-refractivity contribution >= 4 is 36.2 Å². The van der Waals surface area contributed by atoms with E-state index in [0.717, 1.165) is 28.5 Å². The van der Waals surface area contributed by atoms with E-state index >= 15 is 0 Å². The van der Waals surface area contributed by atoms with Crippen LogP contribution >= 0.6 is 0 Å². The molecule has 51 heavy (non-hydrogen) atoms. The summed E-state index contributed by atoms with van der Waals surface area (Å²) < 4.78 is 0. The maximum Gasteiger partial charge on any atom is 0.251 e. The molecule has 0 saturated heterocycles. The summed E-state index contributed by atoms with van der Waals surface area (Å²) in [5, 5.41) is 13.8. The van der Waals surface area contributed by atoms with Crippen LogP contribution in [-0.4, -0.2) is 74.5 Å². The molecule has 0 unspecified atom stereocenters. The van der Waals surface area contributed by atoms with Crippen LogP contribution in [0.2, 0.25) is 0 Å². The van der Waals surface area contributed by atoms with Crippen LogP contribution in [0.5, 0.6) is 0 Å². The number of aldehydes is 2. The molecular formula is C40H43N5O6. The van der Waals surface area contributed by atoms with Crippen molar-refractivity contribution in [3.63, 3.8) is 0 Å². The zero-order valence-electron chi connectivity index (χ0n) is 28.5. The van der Waals surface area contributed by atoms with Gasteiger partial charge in [0.05, 0.1) is 12.6 Å². The molecule has 0 aromatic heterocycles. The first-order chi connectivity index (χ1) is 24.8. The Morgan fingerprint density at radius 3 is 1.75 bits per heavy atom. The molecule has 5 N–H and O–H groups in total. The molecule has 11 heteroatoms. The normalized spacial score (nSPS) is 12.4. The Hall–Kier alpha value is -5.94. The van der Waals surface area contributed by atoms with E-state index in [9.17, 15) is 28.8 Å². The predicted octanol–water partition coefficient (Wildman–Crippen LogP) is 2.57. The number of nitrogens with one attached hydrogen (secondary N) is 5. The van der Waals surface area contributed by atoms with Gasteiger partial charge in [-0.2, -0.15) is 0 Å². The van der Waals surface area contributed by atoms with Gasteiger partial charge >= 0.3 is 0 Å². The van der Waals surface area contributed by atoms with E-state index in [0.29, 0.717) is 17.4 Å². The maximum atomic E-state index is 13.9. The van der Waals surface area contributed by atoms with Gasteiger partial charge in [-0.3, -0.25) is 19.2 Å². The fourth-order valence-corrected chi connectivity index (χ4v) is 5.46. The highest BCUT2D eigenvalue weighted by atomic mass is 16.2. The van der Waals surface area contributed by atoms with Crippen molar-refractivity contribution in [1.29, 1.82) is 0 Å².